The van der Waals surface area contributed by atoms with Gasteiger partial charge in [-0.05, 0) is 74.8 Å². The van der Waals surface area contributed by atoms with Gasteiger partial charge in [0.05, 0.1) is 18.8 Å². The Hall–Kier alpha value is -3.03. The van der Waals surface area contributed by atoms with Crippen LogP contribution in [0.5, 0.6) is 11.5 Å². The van der Waals surface area contributed by atoms with Crippen LogP contribution in [0.15, 0.2) is 42.5 Å². The summed E-state index contributed by atoms with van der Waals surface area (Å²) < 4.78 is 14.3. The van der Waals surface area contributed by atoms with E-state index in [1.165, 1.54) is 6.42 Å². The molecule has 5 rings (SSSR count). The summed E-state index contributed by atoms with van der Waals surface area (Å²) in [6, 6.07) is 13.7. The third kappa shape index (κ3) is 5.37. The number of ether oxygens (including phenoxy) is 2. The summed E-state index contributed by atoms with van der Waals surface area (Å²) in [4.78, 5) is 17.6. The van der Waals surface area contributed by atoms with Crippen LogP contribution < -0.4 is 9.47 Å². The van der Waals surface area contributed by atoms with Crippen molar-refractivity contribution < 1.29 is 14.3 Å². The number of amides is 1. The van der Waals surface area contributed by atoms with E-state index in [0.29, 0.717) is 42.9 Å². The molecule has 190 valence electrons. The van der Waals surface area contributed by atoms with Crippen LogP contribution >= 0.6 is 11.6 Å². The minimum absolute atomic E-state index is 0.0598. The standard InChI is InChI=1S/C28H33ClN4O3/c1-19-12-25(32(3)30-19)28(34)33-10-11-35-27-23(17-33)13-22(21-7-4-8-24(29)14-21)15-26(27)36-18-20-6-5-9-31(2)16-20/h4,7-8,12-15,20H,5-6,9-11,16-18H2,1-3H3/t20-/m0/s1. The maximum absolute atomic E-state index is 13.4. The Morgan fingerprint density at radius 2 is 2.03 bits per heavy atom. The monoisotopic (exact) mass is 508 g/mol. The van der Waals surface area contributed by atoms with Gasteiger partial charge in [0.2, 0.25) is 0 Å². The number of hydrogen-bond acceptors (Lipinski definition) is 5. The number of carbonyl (C=O) groups excluding carboxylic acids is 1. The minimum Gasteiger partial charge on any atom is -0.489 e. The zero-order valence-electron chi connectivity index (χ0n) is 21.2. The number of nitrogens with zero attached hydrogens (tertiary/aromatic N) is 4. The van der Waals surface area contributed by atoms with Crippen molar-refractivity contribution in [1.82, 2.24) is 19.6 Å². The quantitative estimate of drug-likeness (QED) is 0.495. The summed E-state index contributed by atoms with van der Waals surface area (Å²) >= 11 is 6.31. The summed E-state index contributed by atoms with van der Waals surface area (Å²) in [7, 11) is 3.96. The second-order valence-electron chi connectivity index (χ2n) is 9.92. The van der Waals surface area contributed by atoms with Crippen LogP contribution in [0, 0.1) is 12.8 Å². The molecule has 1 atom stereocenters. The molecule has 3 heterocycles. The van der Waals surface area contributed by atoms with Crippen LogP contribution in [-0.2, 0) is 13.6 Å². The van der Waals surface area contributed by atoms with E-state index < -0.39 is 0 Å². The van der Waals surface area contributed by atoms with Crippen molar-refractivity contribution in [3.8, 4) is 22.6 Å². The van der Waals surface area contributed by atoms with Crippen molar-refractivity contribution in [2.45, 2.75) is 26.3 Å². The minimum atomic E-state index is -0.0598. The van der Waals surface area contributed by atoms with E-state index in [1.54, 1.807) is 11.7 Å². The molecule has 3 aromatic rings. The van der Waals surface area contributed by atoms with Crippen molar-refractivity contribution in [3.63, 3.8) is 0 Å². The van der Waals surface area contributed by atoms with Gasteiger partial charge >= 0.3 is 0 Å². The Balaban J connectivity index is 1.48. The molecule has 8 heteroatoms. The molecule has 2 aliphatic rings. The number of halogens is 1. The topological polar surface area (TPSA) is 59.8 Å². The van der Waals surface area contributed by atoms with Crippen LogP contribution in [0.4, 0.5) is 0 Å². The number of carbonyl (C=O) groups is 1. The normalized spacial score (nSPS) is 18.3. The van der Waals surface area contributed by atoms with Gasteiger partial charge in [0.1, 0.15) is 12.3 Å². The lowest BCUT2D eigenvalue weighted by Gasteiger charge is -2.29. The molecule has 1 fully saturated rings. The van der Waals surface area contributed by atoms with Crippen LogP contribution in [0.25, 0.3) is 11.1 Å². The van der Waals surface area contributed by atoms with Gasteiger partial charge in [-0.15, -0.1) is 0 Å². The van der Waals surface area contributed by atoms with Crippen molar-refractivity contribution in [1.29, 1.82) is 0 Å². The lowest BCUT2D eigenvalue weighted by Crippen LogP contribution is -2.34. The third-order valence-corrected chi connectivity index (χ3v) is 7.20. The molecule has 0 saturated carbocycles. The number of hydrogen-bond donors (Lipinski definition) is 0. The highest BCUT2D eigenvalue weighted by Crippen LogP contribution is 2.39. The van der Waals surface area contributed by atoms with E-state index >= 15 is 0 Å². The molecule has 1 aromatic heterocycles. The summed E-state index contributed by atoms with van der Waals surface area (Å²) in [5.74, 6) is 1.87. The van der Waals surface area contributed by atoms with Gasteiger partial charge in [-0.3, -0.25) is 9.48 Å². The summed E-state index contributed by atoms with van der Waals surface area (Å²) in [6.45, 7) is 6.00. The molecule has 2 aliphatic heterocycles. The summed E-state index contributed by atoms with van der Waals surface area (Å²) in [5, 5.41) is 5.02. The molecule has 7 nitrogen and oxygen atoms in total. The van der Waals surface area contributed by atoms with Crippen molar-refractivity contribution >= 4 is 17.5 Å². The smallest absolute Gasteiger partial charge is 0.272 e. The maximum Gasteiger partial charge on any atom is 0.272 e. The number of aromatic nitrogens is 2. The maximum atomic E-state index is 13.4. The molecule has 1 amide bonds. The van der Waals surface area contributed by atoms with Gasteiger partial charge in [0.15, 0.2) is 11.5 Å². The highest BCUT2D eigenvalue weighted by molar-refractivity contribution is 6.30. The molecule has 0 unspecified atom stereocenters. The first-order valence-corrected chi connectivity index (χ1v) is 12.9. The van der Waals surface area contributed by atoms with Crippen LogP contribution in [0.3, 0.4) is 0 Å². The zero-order chi connectivity index (χ0) is 25.2. The first-order chi connectivity index (χ1) is 17.4. The molecule has 1 saturated heterocycles. The van der Waals surface area contributed by atoms with Gasteiger partial charge in [-0.25, -0.2) is 0 Å². The van der Waals surface area contributed by atoms with E-state index in [1.807, 2.05) is 48.2 Å². The SMILES string of the molecule is Cc1cc(C(=O)N2CCOc3c(cc(-c4cccc(Cl)c4)cc3OC[C@H]3CCCN(C)C3)C2)n(C)n1. The summed E-state index contributed by atoms with van der Waals surface area (Å²) in [6.07, 6.45) is 2.35. The number of likely N-dealkylation sites (tertiary alicyclic amines) is 1. The predicted molar refractivity (Wildman–Crippen MR) is 141 cm³/mol. The number of rotatable bonds is 5. The number of piperidine rings is 1. The van der Waals surface area contributed by atoms with E-state index in [2.05, 4.69) is 23.1 Å². The first-order valence-electron chi connectivity index (χ1n) is 12.5. The number of fused-ring (bicyclic) bond motifs is 1. The second-order valence-corrected chi connectivity index (χ2v) is 10.4. The Labute approximate surface area is 217 Å². The molecule has 0 radical (unpaired) electrons. The Morgan fingerprint density at radius 3 is 2.78 bits per heavy atom. The van der Waals surface area contributed by atoms with Gasteiger partial charge in [0.25, 0.3) is 5.91 Å². The predicted octanol–water partition coefficient (Wildman–Crippen LogP) is 4.80. The Bertz CT molecular complexity index is 1260. The largest absolute Gasteiger partial charge is 0.489 e. The van der Waals surface area contributed by atoms with Crippen molar-refractivity contribution in [2.75, 3.05) is 39.9 Å². The fourth-order valence-electron chi connectivity index (χ4n) is 5.19. The fourth-order valence-corrected chi connectivity index (χ4v) is 5.38. The fraction of sp³-hybridized carbons (Fsp3) is 0.429. The number of benzene rings is 2. The highest BCUT2D eigenvalue weighted by atomic mass is 35.5. The Kier molecular flexibility index (Phi) is 7.21. The molecule has 0 N–H and O–H groups in total. The average Bonchev–Trinajstić information content (AvgIpc) is 3.06. The Morgan fingerprint density at radius 1 is 1.17 bits per heavy atom. The molecule has 0 bridgehead atoms. The molecule has 2 aromatic carbocycles. The summed E-state index contributed by atoms with van der Waals surface area (Å²) in [5.41, 5.74) is 4.30. The van der Waals surface area contributed by atoms with E-state index in [4.69, 9.17) is 21.1 Å². The highest BCUT2D eigenvalue weighted by Gasteiger charge is 2.27. The number of aryl methyl sites for hydroxylation is 2. The molecular weight excluding hydrogens is 476 g/mol. The molecule has 0 aliphatic carbocycles. The molecule has 0 spiro atoms. The van der Waals surface area contributed by atoms with Crippen molar-refractivity contribution in [2.24, 2.45) is 13.0 Å². The van der Waals surface area contributed by atoms with Crippen LogP contribution in [0.1, 0.15) is 34.6 Å². The van der Waals surface area contributed by atoms with Crippen LogP contribution in [0.2, 0.25) is 5.02 Å². The van der Waals surface area contributed by atoms with E-state index in [-0.39, 0.29) is 5.91 Å². The zero-order valence-corrected chi connectivity index (χ0v) is 21.9. The average molecular weight is 509 g/mol. The lowest BCUT2D eigenvalue weighted by atomic mass is 9.99. The second kappa shape index (κ2) is 10.5. The van der Waals surface area contributed by atoms with Crippen molar-refractivity contribution in [3.05, 3.63) is 64.4 Å². The van der Waals surface area contributed by atoms with Gasteiger partial charge in [-0.2, -0.15) is 5.10 Å². The van der Waals surface area contributed by atoms with Gasteiger partial charge in [-0.1, -0.05) is 23.7 Å². The van der Waals surface area contributed by atoms with E-state index in [9.17, 15) is 4.79 Å². The van der Waals surface area contributed by atoms with Crippen LogP contribution in [-0.4, -0.2) is 65.4 Å². The first kappa shape index (κ1) is 24.7. The van der Waals surface area contributed by atoms with E-state index in [0.717, 1.165) is 53.4 Å². The van der Waals surface area contributed by atoms with Gasteiger partial charge < -0.3 is 19.3 Å². The van der Waals surface area contributed by atoms with Gasteiger partial charge in [0, 0.05) is 36.6 Å². The third-order valence-electron chi connectivity index (χ3n) is 6.96. The lowest BCUT2D eigenvalue weighted by molar-refractivity contribution is 0.0722. The molecule has 36 heavy (non-hydrogen) atoms. The molecular formula is C28H33ClN4O3.